The van der Waals surface area contributed by atoms with Crippen LogP contribution in [0, 0.1) is 21.4 Å². The number of nitro benzene ring substituents is 1. The van der Waals surface area contributed by atoms with Gasteiger partial charge in [0.15, 0.2) is 9.84 Å². The van der Waals surface area contributed by atoms with Gasteiger partial charge in [-0.1, -0.05) is 0 Å². The first-order valence-electron chi connectivity index (χ1n) is 8.05. The van der Waals surface area contributed by atoms with Crippen LogP contribution in [0.1, 0.15) is 29.6 Å². The predicted molar refractivity (Wildman–Crippen MR) is 89.5 cm³/mol. The van der Waals surface area contributed by atoms with Crippen molar-refractivity contribution < 1.29 is 28.0 Å². The highest BCUT2D eigenvalue weighted by Crippen LogP contribution is 2.59. The number of carbonyl (C=O) groups excluding carboxylic acids is 1. The standard InChI is InChI=1S/C16H18N2O7S/c1-26(24,25)12-7-10(6-11(8-12)18(22)23)14(19)17-4-2-16(3-5-17)9-13(16)15(20)21/h6-8,13H,2-5,9H2,1H3,(H,20,21). The lowest BCUT2D eigenvalue weighted by molar-refractivity contribution is -0.385. The summed E-state index contributed by atoms with van der Waals surface area (Å²) < 4.78 is 23.5. The molecule has 10 heteroatoms. The number of carboxylic acids is 1. The number of hydrogen-bond donors (Lipinski definition) is 1. The van der Waals surface area contributed by atoms with E-state index in [2.05, 4.69) is 0 Å². The summed E-state index contributed by atoms with van der Waals surface area (Å²) in [6.45, 7) is 0.693. The molecule has 9 nitrogen and oxygen atoms in total. The van der Waals surface area contributed by atoms with Gasteiger partial charge in [0, 0.05) is 37.0 Å². The maximum atomic E-state index is 12.7. The van der Waals surface area contributed by atoms with Crippen molar-refractivity contribution in [2.75, 3.05) is 19.3 Å². The molecule has 0 radical (unpaired) electrons. The average molecular weight is 382 g/mol. The lowest BCUT2D eigenvalue weighted by atomic mass is 9.90. The van der Waals surface area contributed by atoms with E-state index in [9.17, 15) is 28.1 Å². The topological polar surface area (TPSA) is 135 Å². The fraction of sp³-hybridized carbons (Fsp3) is 0.500. The molecule has 1 aromatic rings. The normalized spacial score (nSPS) is 21.4. The Morgan fingerprint density at radius 1 is 1.27 bits per heavy atom. The molecule has 1 saturated carbocycles. The van der Waals surface area contributed by atoms with Crippen LogP contribution in [0.25, 0.3) is 0 Å². The quantitative estimate of drug-likeness (QED) is 0.613. The van der Waals surface area contributed by atoms with Crippen LogP contribution in [0.15, 0.2) is 23.1 Å². The maximum Gasteiger partial charge on any atom is 0.307 e. The number of benzene rings is 1. The molecular formula is C16H18N2O7S. The maximum absolute atomic E-state index is 12.7. The second-order valence-electron chi connectivity index (χ2n) is 6.99. The fourth-order valence-electron chi connectivity index (χ4n) is 3.61. The summed E-state index contributed by atoms with van der Waals surface area (Å²) >= 11 is 0. The van der Waals surface area contributed by atoms with Gasteiger partial charge in [0.25, 0.3) is 11.6 Å². The zero-order valence-corrected chi connectivity index (χ0v) is 14.9. The number of sulfone groups is 1. The van der Waals surface area contributed by atoms with E-state index in [4.69, 9.17) is 5.11 Å². The number of likely N-dealkylation sites (tertiary alicyclic amines) is 1. The molecule has 2 fully saturated rings. The Balaban J connectivity index is 1.81. The molecule has 1 saturated heterocycles. The first-order chi connectivity index (χ1) is 12.0. The van der Waals surface area contributed by atoms with E-state index in [0.29, 0.717) is 32.4 Å². The van der Waals surface area contributed by atoms with Gasteiger partial charge >= 0.3 is 5.97 Å². The number of piperidine rings is 1. The molecule has 1 heterocycles. The minimum Gasteiger partial charge on any atom is -0.481 e. The minimum absolute atomic E-state index is 0.0545. The number of aliphatic carboxylic acids is 1. The van der Waals surface area contributed by atoms with Crippen molar-refractivity contribution in [1.29, 1.82) is 0 Å². The van der Waals surface area contributed by atoms with Crippen LogP contribution in [-0.2, 0) is 14.6 Å². The van der Waals surface area contributed by atoms with Crippen LogP contribution in [0.2, 0.25) is 0 Å². The van der Waals surface area contributed by atoms with E-state index in [1.807, 2.05) is 0 Å². The van der Waals surface area contributed by atoms with Crippen LogP contribution in [0.5, 0.6) is 0 Å². The molecule has 1 aliphatic heterocycles. The largest absolute Gasteiger partial charge is 0.481 e. The first kappa shape index (κ1) is 18.3. The third-order valence-electron chi connectivity index (χ3n) is 5.31. The third-order valence-corrected chi connectivity index (χ3v) is 6.40. The van der Waals surface area contributed by atoms with E-state index >= 15 is 0 Å². The summed E-state index contributed by atoms with van der Waals surface area (Å²) in [6.07, 6.45) is 2.65. The number of non-ortho nitro benzene ring substituents is 1. The zero-order chi connectivity index (χ0) is 19.3. The van der Waals surface area contributed by atoms with E-state index in [1.165, 1.54) is 4.90 Å². The van der Waals surface area contributed by atoms with Crippen molar-refractivity contribution in [3.63, 3.8) is 0 Å². The molecule has 1 unspecified atom stereocenters. The number of hydrogen-bond acceptors (Lipinski definition) is 6. The molecule has 1 spiro atoms. The molecule has 3 rings (SSSR count). The van der Waals surface area contributed by atoms with Crippen LogP contribution in [-0.4, -0.2) is 54.6 Å². The van der Waals surface area contributed by atoms with Gasteiger partial charge in [-0.25, -0.2) is 8.42 Å². The Hall–Kier alpha value is -2.49. The molecule has 1 amide bonds. The van der Waals surface area contributed by atoms with Gasteiger partial charge in [0.2, 0.25) is 0 Å². The van der Waals surface area contributed by atoms with Crippen LogP contribution in [0.3, 0.4) is 0 Å². The third kappa shape index (κ3) is 3.28. The Bertz CT molecular complexity index is 901. The number of nitrogens with zero attached hydrogens (tertiary/aromatic N) is 2. The number of amides is 1. The number of rotatable bonds is 4. The first-order valence-corrected chi connectivity index (χ1v) is 9.94. The van der Waals surface area contributed by atoms with E-state index in [-0.39, 0.29) is 21.8 Å². The van der Waals surface area contributed by atoms with Crippen LogP contribution < -0.4 is 0 Å². The monoisotopic (exact) mass is 382 g/mol. The number of carbonyl (C=O) groups is 2. The van der Waals surface area contributed by atoms with E-state index < -0.39 is 32.3 Å². The summed E-state index contributed by atoms with van der Waals surface area (Å²) in [5.41, 5.74) is -0.762. The molecule has 26 heavy (non-hydrogen) atoms. The molecule has 1 aromatic carbocycles. The Morgan fingerprint density at radius 3 is 2.35 bits per heavy atom. The smallest absolute Gasteiger partial charge is 0.307 e. The SMILES string of the molecule is CS(=O)(=O)c1cc(C(=O)N2CCC3(CC2)CC3C(=O)O)cc([N+](=O)[O-])c1. The average Bonchev–Trinajstić information content (AvgIpc) is 3.27. The second-order valence-corrected chi connectivity index (χ2v) is 9.01. The summed E-state index contributed by atoms with van der Waals surface area (Å²) in [6, 6.07) is 3.14. The van der Waals surface area contributed by atoms with Gasteiger partial charge in [0.1, 0.15) is 0 Å². The Morgan fingerprint density at radius 2 is 1.88 bits per heavy atom. The number of nitro groups is 1. The molecule has 0 bridgehead atoms. The minimum atomic E-state index is -3.71. The van der Waals surface area contributed by atoms with Crippen LogP contribution in [0.4, 0.5) is 5.69 Å². The van der Waals surface area contributed by atoms with Crippen molar-refractivity contribution in [2.45, 2.75) is 24.2 Å². The second kappa shape index (κ2) is 6.04. The molecule has 140 valence electrons. The molecule has 1 N–H and O–H groups in total. The molecule has 1 aliphatic carbocycles. The van der Waals surface area contributed by atoms with Crippen molar-refractivity contribution in [3.8, 4) is 0 Å². The highest BCUT2D eigenvalue weighted by atomic mass is 32.2. The van der Waals surface area contributed by atoms with Gasteiger partial charge in [0.05, 0.1) is 15.7 Å². The van der Waals surface area contributed by atoms with Gasteiger partial charge < -0.3 is 10.0 Å². The fourth-order valence-corrected chi connectivity index (χ4v) is 4.29. The van der Waals surface area contributed by atoms with Gasteiger partial charge in [-0.3, -0.25) is 19.7 Å². The lowest BCUT2D eigenvalue weighted by Crippen LogP contribution is -2.40. The summed E-state index contributed by atoms with van der Waals surface area (Å²) in [5, 5.41) is 20.2. The van der Waals surface area contributed by atoms with Gasteiger partial charge in [-0.2, -0.15) is 0 Å². The molecule has 1 atom stereocenters. The predicted octanol–water partition coefficient (Wildman–Crippen LogP) is 1.33. The zero-order valence-electron chi connectivity index (χ0n) is 14.0. The highest BCUT2D eigenvalue weighted by Gasteiger charge is 2.59. The molecule has 0 aromatic heterocycles. The summed E-state index contributed by atoms with van der Waals surface area (Å²) in [4.78, 5) is 35.3. The lowest BCUT2D eigenvalue weighted by Gasteiger charge is -2.32. The van der Waals surface area contributed by atoms with Crippen molar-refractivity contribution in [3.05, 3.63) is 33.9 Å². The Labute approximate surface area is 149 Å². The van der Waals surface area contributed by atoms with Gasteiger partial charge in [-0.15, -0.1) is 0 Å². The van der Waals surface area contributed by atoms with Gasteiger partial charge in [-0.05, 0) is 30.7 Å². The van der Waals surface area contributed by atoms with E-state index in [0.717, 1.165) is 24.5 Å². The molecule has 2 aliphatic rings. The highest BCUT2D eigenvalue weighted by molar-refractivity contribution is 7.90. The van der Waals surface area contributed by atoms with Crippen molar-refractivity contribution in [1.82, 2.24) is 4.90 Å². The summed E-state index contributed by atoms with van der Waals surface area (Å²) in [5.74, 6) is -1.67. The number of carboxylic acid groups (broad SMARTS) is 1. The van der Waals surface area contributed by atoms with Crippen molar-refractivity contribution >= 4 is 27.4 Å². The Kier molecular flexibility index (Phi) is 4.26. The van der Waals surface area contributed by atoms with Crippen LogP contribution >= 0.6 is 0 Å². The van der Waals surface area contributed by atoms with E-state index in [1.54, 1.807) is 0 Å². The summed E-state index contributed by atoms with van der Waals surface area (Å²) in [7, 11) is -3.71. The molecular weight excluding hydrogens is 364 g/mol. The van der Waals surface area contributed by atoms with Crippen molar-refractivity contribution in [2.24, 2.45) is 11.3 Å².